The first-order chi connectivity index (χ1) is 7.76. The number of pyridine rings is 1. The van der Waals surface area contributed by atoms with Crippen LogP contribution in [0.3, 0.4) is 0 Å². The largest absolute Gasteiger partial charge is 0.573 e. The summed E-state index contributed by atoms with van der Waals surface area (Å²) in [7, 11) is 0. The molecular weight excluding hydrogens is 271 g/mol. The maximum atomic E-state index is 12.5. The van der Waals surface area contributed by atoms with Gasteiger partial charge in [0.2, 0.25) is 0 Å². The number of hydrogen-bond donors (Lipinski definition) is 0. The van der Waals surface area contributed by atoms with Crippen LogP contribution in [0.4, 0.5) is 22.0 Å². The Morgan fingerprint density at radius 1 is 1.41 bits per heavy atom. The molecular formula is C8H2ClF5N2O. The van der Waals surface area contributed by atoms with E-state index in [4.69, 9.17) is 16.9 Å². The van der Waals surface area contributed by atoms with Crippen molar-refractivity contribution < 1.29 is 26.7 Å². The maximum Gasteiger partial charge on any atom is 0.573 e. The number of halogens is 6. The number of alkyl halides is 5. The van der Waals surface area contributed by atoms with Crippen LogP contribution in [0.25, 0.3) is 0 Å². The minimum atomic E-state index is -5.16. The van der Waals surface area contributed by atoms with Gasteiger partial charge in [-0.3, -0.25) is 0 Å². The van der Waals surface area contributed by atoms with Gasteiger partial charge in [0.05, 0.1) is 11.8 Å². The van der Waals surface area contributed by atoms with Crippen LogP contribution in [0.2, 0.25) is 5.15 Å². The normalized spacial score (nSPS) is 11.4. The van der Waals surface area contributed by atoms with E-state index in [1.165, 1.54) is 6.07 Å². The third-order valence-corrected chi connectivity index (χ3v) is 1.88. The number of rotatable bonds is 2. The van der Waals surface area contributed by atoms with Gasteiger partial charge in [0, 0.05) is 0 Å². The number of nitriles is 1. The van der Waals surface area contributed by atoms with Gasteiger partial charge in [-0.05, 0) is 0 Å². The molecule has 0 saturated heterocycles. The monoisotopic (exact) mass is 272 g/mol. The molecule has 0 atom stereocenters. The van der Waals surface area contributed by atoms with Gasteiger partial charge in [-0.1, -0.05) is 11.6 Å². The molecule has 1 heterocycles. The van der Waals surface area contributed by atoms with Gasteiger partial charge >= 0.3 is 6.36 Å². The standard InChI is InChI=1S/C8H2ClF5N2O/c9-6-3(1-15)5(7(10)11)4(2-16-6)17-8(12,13)14/h2,7H. The summed E-state index contributed by atoms with van der Waals surface area (Å²) in [5.41, 5.74) is -2.08. The van der Waals surface area contributed by atoms with E-state index in [1.54, 1.807) is 0 Å². The summed E-state index contributed by atoms with van der Waals surface area (Å²) >= 11 is 5.31. The second-order valence-corrected chi connectivity index (χ2v) is 3.02. The van der Waals surface area contributed by atoms with Crippen LogP contribution in [0.5, 0.6) is 5.75 Å². The Labute approximate surface area is 96.4 Å². The molecule has 0 spiro atoms. The molecule has 1 aromatic rings. The van der Waals surface area contributed by atoms with E-state index >= 15 is 0 Å². The van der Waals surface area contributed by atoms with Crippen LogP contribution in [-0.2, 0) is 0 Å². The zero-order chi connectivity index (χ0) is 13.2. The molecule has 17 heavy (non-hydrogen) atoms. The van der Waals surface area contributed by atoms with Gasteiger partial charge in [-0.25, -0.2) is 13.8 Å². The van der Waals surface area contributed by atoms with Gasteiger partial charge in [0.15, 0.2) is 5.75 Å². The number of ether oxygens (including phenoxy) is 1. The predicted octanol–water partition coefficient (Wildman–Crippen LogP) is 3.44. The lowest BCUT2D eigenvalue weighted by molar-refractivity contribution is -0.275. The van der Waals surface area contributed by atoms with Gasteiger partial charge < -0.3 is 4.74 Å². The summed E-state index contributed by atoms with van der Waals surface area (Å²) in [5, 5.41) is 7.91. The summed E-state index contributed by atoms with van der Waals surface area (Å²) in [4.78, 5) is 3.16. The molecule has 0 bridgehead atoms. The first-order valence-corrected chi connectivity index (χ1v) is 4.26. The molecule has 1 aromatic heterocycles. The van der Waals surface area contributed by atoms with E-state index in [1.807, 2.05) is 0 Å². The first-order valence-electron chi connectivity index (χ1n) is 3.88. The highest BCUT2D eigenvalue weighted by Gasteiger charge is 2.35. The zero-order valence-electron chi connectivity index (χ0n) is 7.73. The van der Waals surface area contributed by atoms with Crippen LogP contribution >= 0.6 is 11.6 Å². The van der Waals surface area contributed by atoms with Gasteiger partial charge in [-0.15, -0.1) is 13.2 Å². The van der Waals surface area contributed by atoms with E-state index in [0.717, 1.165) is 0 Å². The second-order valence-electron chi connectivity index (χ2n) is 2.66. The Morgan fingerprint density at radius 2 is 2.00 bits per heavy atom. The lowest BCUT2D eigenvalue weighted by Crippen LogP contribution is -2.19. The van der Waals surface area contributed by atoms with Crippen molar-refractivity contribution in [3.8, 4) is 11.8 Å². The first kappa shape index (κ1) is 13.4. The van der Waals surface area contributed by atoms with Crippen molar-refractivity contribution in [2.75, 3.05) is 0 Å². The Bertz CT molecular complexity index is 468. The average molecular weight is 273 g/mol. The molecule has 0 unspecified atom stereocenters. The van der Waals surface area contributed by atoms with Crippen molar-refractivity contribution in [2.24, 2.45) is 0 Å². The molecule has 0 fully saturated rings. The molecule has 0 radical (unpaired) electrons. The van der Waals surface area contributed by atoms with Crippen LogP contribution < -0.4 is 4.74 Å². The van der Waals surface area contributed by atoms with Crippen molar-refractivity contribution in [1.29, 1.82) is 5.26 Å². The predicted molar refractivity (Wildman–Crippen MR) is 45.6 cm³/mol. The van der Waals surface area contributed by atoms with Gasteiger partial charge in [-0.2, -0.15) is 5.26 Å². The second kappa shape index (κ2) is 4.71. The SMILES string of the molecule is N#Cc1c(Cl)ncc(OC(F)(F)F)c1C(F)F. The maximum absolute atomic E-state index is 12.5. The fraction of sp³-hybridized carbons (Fsp3) is 0.250. The molecule has 0 aliphatic carbocycles. The fourth-order valence-corrected chi connectivity index (χ4v) is 1.21. The van der Waals surface area contributed by atoms with E-state index in [2.05, 4.69) is 9.72 Å². The molecule has 0 aromatic carbocycles. The lowest BCUT2D eigenvalue weighted by atomic mass is 10.1. The molecule has 92 valence electrons. The smallest absolute Gasteiger partial charge is 0.404 e. The quantitative estimate of drug-likeness (QED) is 0.612. The zero-order valence-corrected chi connectivity index (χ0v) is 8.48. The Kier molecular flexibility index (Phi) is 3.72. The van der Waals surface area contributed by atoms with Crippen molar-refractivity contribution in [2.45, 2.75) is 12.8 Å². The van der Waals surface area contributed by atoms with Crippen molar-refractivity contribution in [1.82, 2.24) is 4.98 Å². The van der Waals surface area contributed by atoms with Crippen LogP contribution in [0.1, 0.15) is 17.6 Å². The fourth-order valence-electron chi connectivity index (χ4n) is 1.01. The molecule has 0 aliphatic heterocycles. The lowest BCUT2D eigenvalue weighted by Gasteiger charge is -2.13. The Morgan fingerprint density at radius 3 is 2.41 bits per heavy atom. The molecule has 3 nitrogen and oxygen atoms in total. The Balaban J connectivity index is 3.37. The number of aromatic nitrogens is 1. The van der Waals surface area contributed by atoms with Crippen LogP contribution in [0.15, 0.2) is 6.20 Å². The third-order valence-electron chi connectivity index (χ3n) is 1.59. The highest BCUT2D eigenvalue weighted by molar-refractivity contribution is 6.30. The van der Waals surface area contributed by atoms with Crippen LogP contribution in [-0.4, -0.2) is 11.3 Å². The van der Waals surface area contributed by atoms with Gasteiger partial charge in [0.1, 0.15) is 16.8 Å². The molecule has 9 heteroatoms. The highest BCUT2D eigenvalue weighted by atomic mass is 35.5. The topological polar surface area (TPSA) is 45.9 Å². The average Bonchev–Trinajstić information content (AvgIpc) is 2.17. The summed E-state index contributed by atoms with van der Waals surface area (Å²) in [6, 6.07) is 1.25. The van der Waals surface area contributed by atoms with Crippen LogP contribution in [0, 0.1) is 11.3 Å². The van der Waals surface area contributed by atoms with E-state index in [-0.39, 0.29) is 0 Å². The third kappa shape index (κ3) is 3.17. The van der Waals surface area contributed by atoms with Crippen molar-refractivity contribution >= 4 is 11.6 Å². The summed E-state index contributed by atoms with van der Waals surface area (Å²) in [6.07, 6.45) is -8.12. The highest BCUT2D eigenvalue weighted by Crippen LogP contribution is 2.36. The van der Waals surface area contributed by atoms with E-state index in [9.17, 15) is 22.0 Å². The molecule has 1 rings (SSSR count). The minimum absolute atomic E-state index is 0.387. The summed E-state index contributed by atoms with van der Waals surface area (Å²) < 4.78 is 64.2. The number of nitrogens with zero attached hydrogens (tertiary/aromatic N) is 2. The Hall–Kier alpha value is -1.62. The molecule has 0 aliphatic rings. The summed E-state index contributed by atoms with van der Waals surface area (Å²) in [5.74, 6) is -1.24. The van der Waals surface area contributed by atoms with Gasteiger partial charge in [0.25, 0.3) is 6.43 Å². The van der Waals surface area contributed by atoms with E-state index < -0.39 is 34.8 Å². The van der Waals surface area contributed by atoms with Crippen molar-refractivity contribution in [3.63, 3.8) is 0 Å². The number of hydrogen-bond acceptors (Lipinski definition) is 3. The molecule has 0 N–H and O–H groups in total. The minimum Gasteiger partial charge on any atom is -0.404 e. The summed E-state index contributed by atoms with van der Waals surface area (Å²) in [6.45, 7) is 0. The molecule has 0 saturated carbocycles. The molecule has 0 amide bonds. The van der Waals surface area contributed by atoms with Crippen molar-refractivity contribution in [3.05, 3.63) is 22.5 Å². The van der Waals surface area contributed by atoms with E-state index in [0.29, 0.717) is 6.20 Å².